The molecule has 0 radical (unpaired) electrons. The first kappa shape index (κ1) is 10.5. The van der Waals surface area contributed by atoms with Crippen molar-refractivity contribution >= 4 is 21.6 Å². The van der Waals surface area contributed by atoms with E-state index >= 15 is 0 Å². The highest BCUT2D eigenvalue weighted by Gasteiger charge is 2.04. The van der Waals surface area contributed by atoms with Crippen LogP contribution in [0.3, 0.4) is 0 Å². The highest BCUT2D eigenvalue weighted by molar-refractivity contribution is 9.10. The molecule has 2 nitrogen and oxygen atoms in total. The highest BCUT2D eigenvalue weighted by atomic mass is 79.9. The van der Waals surface area contributed by atoms with Gasteiger partial charge >= 0.3 is 0 Å². The average Bonchev–Trinajstić information content (AvgIpc) is 2.74. The van der Waals surface area contributed by atoms with Crippen molar-refractivity contribution in [1.29, 1.82) is 0 Å². The van der Waals surface area contributed by atoms with Crippen molar-refractivity contribution < 1.29 is 0 Å². The second-order valence-electron chi connectivity index (χ2n) is 3.97. The molecule has 0 aliphatic rings. The topological polar surface area (TPSA) is 17.3 Å². The molecule has 0 saturated heterocycles. The Hall–Kier alpha value is -1.61. The molecule has 2 aromatic heterocycles. The summed E-state index contributed by atoms with van der Waals surface area (Å²) in [5.41, 5.74) is 3.34. The number of rotatable bonds is 2. The summed E-state index contributed by atoms with van der Waals surface area (Å²) >= 11 is 3.56. The van der Waals surface area contributed by atoms with E-state index in [-0.39, 0.29) is 0 Å². The Bertz CT molecular complexity index is 625. The molecular weight excluding hydrogens is 276 g/mol. The maximum atomic E-state index is 4.59. The standard InChI is InChI=1S/C14H11BrN2/c15-13-6-2-1-5-11(13)9-12-10-17-8-4-3-7-14(17)16-12/h1-8,10H,9H2. The minimum atomic E-state index is 0.850. The maximum Gasteiger partial charge on any atom is 0.136 e. The molecule has 0 aliphatic heterocycles. The van der Waals surface area contributed by atoms with Gasteiger partial charge in [-0.1, -0.05) is 40.2 Å². The lowest BCUT2D eigenvalue weighted by Gasteiger charge is -2.00. The summed E-state index contributed by atoms with van der Waals surface area (Å²) in [6.45, 7) is 0. The zero-order valence-corrected chi connectivity index (χ0v) is 10.8. The number of nitrogens with zero attached hydrogens (tertiary/aromatic N) is 2. The summed E-state index contributed by atoms with van der Waals surface area (Å²) in [6, 6.07) is 14.3. The van der Waals surface area contributed by atoms with Crippen LogP contribution < -0.4 is 0 Å². The van der Waals surface area contributed by atoms with Crippen LogP contribution in [0, 0.1) is 0 Å². The molecule has 2 heterocycles. The lowest BCUT2D eigenvalue weighted by molar-refractivity contribution is 1.10. The SMILES string of the molecule is Brc1ccccc1Cc1cn2ccccc2n1. The molecule has 1 aromatic carbocycles. The molecule has 0 saturated carbocycles. The second-order valence-corrected chi connectivity index (χ2v) is 4.82. The van der Waals surface area contributed by atoms with Crippen LogP contribution in [0.2, 0.25) is 0 Å². The van der Waals surface area contributed by atoms with Gasteiger partial charge in [-0.2, -0.15) is 0 Å². The monoisotopic (exact) mass is 286 g/mol. The predicted octanol–water partition coefficient (Wildman–Crippen LogP) is 3.69. The van der Waals surface area contributed by atoms with Gasteiger partial charge in [-0.05, 0) is 23.8 Å². The van der Waals surface area contributed by atoms with Gasteiger partial charge in [-0.15, -0.1) is 0 Å². The molecule has 3 aromatic rings. The van der Waals surface area contributed by atoms with E-state index in [2.05, 4.69) is 45.3 Å². The van der Waals surface area contributed by atoms with Gasteiger partial charge < -0.3 is 4.40 Å². The van der Waals surface area contributed by atoms with Crippen molar-refractivity contribution in [2.24, 2.45) is 0 Å². The van der Waals surface area contributed by atoms with Crippen LogP contribution in [0.25, 0.3) is 5.65 Å². The van der Waals surface area contributed by atoms with Gasteiger partial charge in [0.2, 0.25) is 0 Å². The number of hydrogen-bond donors (Lipinski definition) is 0. The summed E-state index contributed by atoms with van der Waals surface area (Å²) in [4.78, 5) is 4.59. The average molecular weight is 287 g/mol. The summed E-state index contributed by atoms with van der Waals surface area (Å²) in [6.07, 6.45) is 4.95. The van der Waals surface area contributed by atoms with Crippen LogP contribution in [0.5, 0.6) is 0 Å². The molecule has 3 rings (SSSR count). The Balaban J connectivity index is 1.98. The molecule has 0 atom stereocenters. The summed E-state index contributed by atoms with van der Waals surface area (Å²) in [5, 5.41) is 0. The third kappa shape index (κ3) is 2.11. The summed E-state index contributed by atoms with van der Waals surface area (Å²) < 4.78 is 3.18. The molecule has 0 unspecified atom stereocenters. The van der Waals surface area contributed by atoms with Gasteiger partial charge in [-0.3, -0.25) is 0 Å². The molecule has 0 amide bonds. The summed E-state index contributed by atoms with van der Waals surface area (Å²) in [5.74, 6) is 0. The van der Waals surface area contributed by atoms with E-state index in [1.165, 1.54) is 5.56 Å². The number of fused-ring (bicyclic) bond motifs is 1. The summed E-state index contributed by atoms with van der Waals surface area (Å²) in [7, 11) is 0. The fraction of sp³-hybridized carbons (Fsp3) is 0.0714. The Morgan fingerprint density at radius 2 is 1.88 bits per heavy atom. The van der Waals surface area contributed by atoms with E-state index in [1.807, 2.05) is 34.9 Å². The highest BCUT2D eigenvalue weighted by Crippen LogP contribution is 2.19. The Morgan fingerprint density at radius 3 is 2.71 bits per heavy atom. The van der Waals surface area contributed by atoms with Crippen LogP contribution >= 0.6 is 15.9 Å². The lowest BCUT2D eigenvalue weighted by atomic mass is 10.1. The second kappa shape index (κ2) is 4.34. The van der Waals surface area contributed by atoms with E-state index < -0.39 is 0 Å². The maximum absolute atomic E-state index is 4.59. The zero-order chi connectivity index (χ0) is 11.7. The van der Waals surface area contributed by atoms with Crippen molar-refractivity contribution in [3.8, 4) is 0 Å². The first-order valence-electron chi connectivity index (χ1n) is 5.49. The normalized spacial score (nSPS) is 10.9. The third-order valence-corrected chi connectivity index (χ3v) is 3.52. The number of pyridine rings is 1. The fourth-order valence-corrected chi connectivity index (χ4v) is 2.33. The van der Waals surface area contributed by atoms with E-state index in [4.69, 9.17) is 0 Å². The molecular formula is C14H11BrN2. The van der Waals surface area contributed by atoms with Crippen molar-refractivity contribution in [3.63, 3.8) is 0 Å². The zero-order valence-electron chi connectivity index (χ0n) is 9.18. The van der Waals surface area contributed by atoms with E-state index in [1.54, 1.807) is 0 Å². The Morgan fingerprint density at radius 1 is 1.06 bits per heavy atom. The van der Waals surface area contributed by atoms with Gasteiger partial charge in [0, 0.05) is 23.3 Å². The fourth-order valence-electron chi connectivity index (χ4n) is 1.91. The van der Waals surface area contributed by atoms with Crippen molar-refractivity contribution in [1.82, 2.24) is 9.38 Å². The van der Waals surface area contributed by atoms with Crippen LogP contribution in [0.1, 0.15) is 11.3 Å². The minimum absolute atomic E-state index is 0.850. The quantitative estimate of drug-likeness (QED) is 0.702. The minimum Gasteiger partial charge on any atom is -0.307 e. The van der Waals surface area contributed by atoms with E-state index in [9.17, 15) is 0 Å². The Kier molecular flexibility index (Phi) is 2.69. The molecule has 84 valence electrons. The molecule has 17 heavy (non-hydrogen) atoms. The largest absolute Gasteiger partial charge is 0.307 e. The predicted molar refractivity (Wildman–Crippen MR) is 72.1 cm³/mol. The van der Waals surface area contributed by atoms with Gasteiger partial charge in [0.1, 0.15) is 5.65 Å². The third-order valence-electron chi connectivity index (χ3n) is 2.74. The van der Waals surface area contributed by atoms with Crippen LogP contribution in [-0.2, 0) is 6.42 Å². The van der Waals surface area contributed by atoms with E-state index in [0.29, 0.717) is 0 Å². The molecule has 0 spiro atoms. The molecule has 3 heteroatoms. The molecule has 0 N–H and O–H groups in total. The number of benzene rings is 1. The molecule has 0 bridgehead atoms. The van der Waals surface area contributed by atoms with Gasteiger partial charge in [0.15, 0.2) is 0 Å². The van der Waals surface area contributed by atoms with Gasteiger partial charge in [-0.25, -0.2) is 4.98 Å². The van der Waals surface area contributed by atoms with Crippen LogP contribution in [0.4, 0.5) is 0 Å². The van der Waals surface area contributed by atoms with Crippen LogP contribution in [0.15, 0.2) is 59.3 Å². The molecule has 0 fully saturated rings. The lowest BCUT2D eigenvalue weighted by Crippen LogP contribution is -1.88. The van der Waals surface area contributed by atoms with Gasteiger partial charge in [0.25, 0.3) is 0 Å². The van der Waals surface area contributed by atoms with Crippen molar-refractivity contribution in [2.75, 3.05) is 0 Å². The molecule has 0 aliphatic carbocycles. The number of aromatic nitrogens is 2. The number of halogens is 1. The van der Waals surface area contributed by atoms with Crippen molar-refractivity contribution in [3.05, 3.63) is 70.6 Å². The van der Waals surface area contributed by atoms with E-state index in [0.717, 1.165) is 22.2 Å². The van der Waals surface area contributed by atoms with Crippen molar-refractivity contribution in [2.45, 2.75) is 6.42 Å². The smallest absolute Gasteiger partial charge is 0.136 e. The van der Waals surface area contributed by atoms with Crippen LogP contribution in [-0.4, -0.2) is 9.38 Å². The first-order chi connectivity index (χ1) is 8.33. The Labute approximate surface area is 108 Å². The first-order valence-corrected chi connectivity index (χ1v) is 6.28. The number of imidazole rings is 1. The van der Waals surface area contributed by atoms with Gasteiger partial charge in [0.05, 0.1) is 5.69 Å². The number of hydrogen-bond acceptors (Lipinski definition) is 1.